The van der Waals surface area contributed by atoms with Crippen LogP contribution in [0.25, 0.3) is 0 Å². The van der Waals surface area contributed by atoms with Crippen molar-refractivity contribution in [1.82, 2.24) is 14.7 Å². The lowest BCUT2D eigenvalue weighted by molar-refractivity contribution is 0.428. The molecular weight excluding hydrogens is 365 g/mol. The second-order valence-corrected chi connectivity index (χ2v) is 5.35. The first-order chi connectivity index (χ1) is 9.09. The van der Waals surface area contributed by atoms with Gasteiger partial charge in [0.2, 0.25) is 0 Å². The van der Waals surface area contributed by atoms with Crippen LogP contribution in [0.5, 0.6) is 0 Å². The minimum atomic E-state index is 0. The molecule has 5 nitrogen and oxygen atoms in total. The summed E-state index contributed by atoms with van der Waals surface area (Å²) in [4.78, 5) is 6.78. The molecule has 0 radical (unpaired) electrons. The van der Waals surface area contributed by atoms with Gasteiger partial charge in [-0.1, -0.05) is 12.8 Å². The molecule has 2 N–H and O–H groups in total. The highest BCUT2D eigenvalue weighted by Crippen LogP contribution is 2.14. The van der Waals surface area contributed by atoms with Gasteiger partial charge in [-0.3, -0.25) is 4.68 Å². The molecule has 0 aliphatic carbocycles. The van der Waals surface area contributed by atoms with Crippen molar-refractivity contribution in [1.29, 1.82) is 0 Å². The maximum atomic E-state index is 6.12. The maximum absolute atomic E-state index is 6.12. The van der Waals surface area contributed by atoms with Crippen molar-refractivity contribution >= 4 is 29.9 Å². The number of nitrogens with two attached hydrogens (primary N) is 1. The minimum absolute atomic E-state index is 0. The quantitative estimate of drug-likeness (QED) is 0.478. The van der Waals surface area contributed by atoms with Crippen molar-refractivity contribution in [2.24, 2.45) is 17.8 Å². The van der Waals surface area contributed by atoms with Crippen LogP contribution >= 0.6 is 24.0 Å². The lowest BCUT2D eigenvalue weighted by Crippen LogP contribution is -2.38. The van der Waals surface area contributed by atoms with E-state index in [1.807, 2.05) is 18.7 Å². The molecule has 0 bridgehead atoms. The van der Waals surface area contributed by atoms with Crippen LogP contribution in [0.2, 0.25) is 0 Å². The van der Waals surface area contributed by atoms with Gasteiger partial charge in [0.15, 0.2) is 5.96 Å². The van der Waals surface area contributed by atoms with Gasteiger partial charge in [-0.05, 0) is 26.7 Å². The van der Waals surface area contributed by atoms with Crippen molar-refractivity contribution < 1.29 is 0 Å². The van der Waals surface area contributed by atoms with E-state index in [1.54, 1.807) is 0 Å². The Balaban J connectivity index is 0.00000200. The number of rotatable bonds is 2. The Bertz CT molecular complexity index is 458. The van der Waals surface area contributed by atoms with Gasteiger partial charge in [-0.15, -0.1) is 24.0 Å². The Morgan fingerprint density at radius 2 is 1.80 bits per heavy atom. The molecule has 0 atom stereocenters. The fourth-order valence-corrected chi connectivity index (χ4v) is 2.61. The molecule has 1 aliphatic rings. The van der Waals surface area contributed by atoms with E-state index >= 15 is 0 Å². The largest absolute Gasteiger partial charge is 0.370 e. The fourth-order valence-electron chi connectivity index (χ4n) is 2.61. The molecule has 0 aromatic carbocycles. The van der Waals surface area contributed by atoms with E-state index in [4.69, 9.17) is 5.73 Å². The third-order valence-corrected chi connectivity index (χ3v) is 3.99. The van der Waals surface area contributed by atoms with Crippen molar-refractivity contribution in [3.8, 4) is 0 Å². The summed E-state index contributed by atoms with van der Waals surface area (Å²) in [5.41, 5.74) is 9.54. The molecule has 114 valence electrons. The van der Waals surface area contributed by atoms with E-state index < -0.39 is 0 Å². The Labute approximate surface area is 138 Å². The molecule has 1 aromatic rings. The highest BCUT2D eigenvalue weighted by molar-refractivity contribution is 14.0. The van der Waals surface area contributed by atoms with Crippen LogP contribution < -0.4 is 5.73 Å². The van der Waals surface area contributed by atoms with Crippen molar-refractivity contribution in [2.75, 3.05) is 13.1 Å². The third-order valence-electron chi connectivity index (χ3n) is 3.99. The van der Waals surface area contributed by atoms with Crippen molar-refractivity contribution in [3.05, 3.63) is 17.0 Å². The van der Waals surface area contributed by atoms with Gasteiger partial charge < -0.3 is 10.6 Å². The lowest BCUT2D eigenvalue weighted by Gasteiger charge is -2.21. The summed E-state index contributed by atoms with van der Waals surface area (Å²) >= 11 is 0. The highest BCUT2D eigenvalue weighted by Gasteiger charge is 2.12. The molecule has 6 heteroatoms. The van der Waals surface area contributed by atoms with Gasteiger partial charge >= 0.3 is 0 Å². The fraction of sp³-hybridized carbons (Fsp3) is 0.714. The second kappa shape index (κ2) is 7.85. The molecule has 0 saturated carbocycles. The van der Waals surface area contributed by atoms with E-state index in [0.717, 1.165) is 18.8 Å². The second-order valence-electron chi connectivity index (χ2n) is 5.35. The van der Waals surface area contributed by atoms with E-state index in [-0.39, 0.29) is 24.0 Å². The van der Waals surface area contributed by atoms with E-state index in [2.05, 4.69) is 21.9 Å². The molecule has 1 saturated heterocycles. The number of hydrogen-bond acceptors (Lipinski definition) is 2. The normalized spacial score (nSPS) is 16.8. The van der Waals surface area contributed by atoms with Crippen LogP contribution in [0.15, 0.2) is 4.99 Å². The molecule has 2 heterocycles. The molecule has 2 rings (SSSR count). The Morgan fingerprint density at radius 1 is 1.20 bits per heavy atom. The van der Waals surface area contributed by atoms with Crippen LogP contribution in [-0.4, -0.2) is 33.7 Å². The number of halogens is 1. The molecule has 1 fully saturated rings. The number of aromatic nitrogens is 2. The Hall–Kier alpha value is -0.790. The van der Waals surface area contributed by atoms with Gasteiger partial charge in [0.25, 0.3) is 0 Å². The van der Waals surface area contributed by atoms with Crippen molar-refractivity contribution in [3.63, 3.8) is 0 Å². The Kier molecular flexibility index (Phi) is 6.78. The number of aryl methyl sites for hydroxylation is 2. The molecular formula is C14H26IN5. The van der Waals surface area contributed by atoms with Gasteiger partial charge in [0, 0.05) is 31.4 Å². The number of hydrogen-bond donors (Lipinski definition) is 1. The van der Waals surface area contributed by atoms with Crippen molar-refractivity contribution in [2.45, 2.75) is 46.1 Å². The van der Waals surface area contributed by atoms with Crippen LogP contribution in [0.4, 0.5) is 0 Å². The predicted octanol–water partition coefficient (Wildman–Crippen LogP) is 2.35. The number of likely N-dealkylation sites (tertiary alicyclic amines) is 1. The zero-order valence-electron chi connectivity index (χ0n) is 12.7. The smallest absolute Gasteiger partial charge is 0.191 e. The third kappa shape index (κ3) is 4.10. The summed E-state index contributed by atoms with van der Waals surface area (Å²) in [7, 11) is 1.97. The van der Waals surface area contributed by atoms with Gasteiger partial charge in [0.1, 0.15) is 0 Å². The first kappa shape index (κ1) is 17.3. The van der Waals surface area contributed by atoms with Gasteiger partial charge in [-0.2, -0.15) is 5.10 Å². The number of nitrogens with zero attached hydrogens (tertiary/aromatic N) is 4. The average molecular weight is 391 g/mol. The molecule has 1 aliphatic heterocycles. The summed E-state index contributed by atoms with van der Waals surface area (Å²) in [5, 5.41) is 4.41. The maximum Gasteiger partial charge on any atom is 0.191 e. The number of guanidine groups is 1. The SMILES string of the molecule is Cc1nn(C)c(C)c1CN=C(N)N1CCCCCC1.I. The molecule has 0 unspecified atom stereocenters. The first-order valence-electron chi connectivity index (χ1n) is 7.13. The first-order valence-corrected chi connectivity index (χ1v) is 7.13. The van der Waals surface area contributed by atoms with Crippen LogP contribution in [0.3, 0.4) is 0 Å². The molecule has 0 spiro atoms. The zero-order chi connectivity index (χ0) is 13.8. The summed E-state index contributed by atoms with van der Waals surface area (Å²) in [6.07, 6.45) is 5.07. The molecule has 1 aromatic heterocycles. The van der Waals surface area contributed by atoms with Gasteiger partial charge in [-0.25, -0.2) is 4.99 Å². The molecule has 0 amide bonds. The monoisotopic (exact) mass is 391 g/mol. The van der Waals surface area contributed by atoms with Crippen LogP contribution in [0.1, 0.15) is 42.6 Å². The summed E-state index contributed by atoms with van der Waals surface area (Å²) < 4.78 is 1.91. The van der Waals surface area contributed by atoms with Crippen LogP contribution in [0, 0.1) is 13.8 Å². The summed E-state index contributed by atoms with van der Waals surface area (Å²) in [6, 6.07) is 0. The predicted molar refractivity (Wildman–Crippen MR) is 93.5 cm³/mol. The standard InChI is InChI=1S/C14H25N5.HI/c1-11-13(12(2)18(3)17-11)10-16-14(15)19-8-6-4-5-7-9-19;/h4-10H2,1-3H3,(H2,15,16);1H. The summed E-state index contributed by atoms with van der Waals surface area (Å²) in [5.74, 6) is 0.685. The highest BCUT2D eigenvalue weighted by atomic mass is 127. The zero-order valence-corrected chi connectivity index (χ0v) is 15.1. The average Bonchev–Trinajstić information content (AvgIpc) is 2.62. The van der Waals surface area contributed by atoms with Crippen LogP contribution in [-0.2, 0) is 13.6 Å². The Morgan fingerprint density at radius 3 is 2.30 bits per heavy atom. The number of aliphatic imine (C=N–C) groups is 1. The van der Waals surface area contributed by atoms with E-state index in [9.17, 15) is 0 Å². The molecule has 20 heavy (non-hydrogen) atoms. The van der Waals surface area contributed by atoms with E-state index in [0.29, 0.717) is 12.5 Å². The van der Waals surface area contributed by atoms with Gasteiger partial charge in [0.05, 0.1) is 12.2 Å². The summed E-state index contributed by atoms with van der Waals surface area (Å²) in [6.45, 7) is 6.82. The lowest BCUT2D eigenvalue weighted by atomic mass is 10.2. The van der Waals surface area contributed by atoms with E-state index in [1.165, 1.54) is 36.9 Å². The minimum Gasteiger partial charge on any atom is -0.370 e. The topological polar surface area (TPSA) is 59.4 Å².